The number of aliphatic carboxylic acids is 1. The summed E-state index contributed by atoms with van der Waals surface area (Å²) >= 11 is 1.22. The lowest BCUT2D eigenvalue weighted by Gasteiger charge is -2.08. The number of rotatable bonds is 5. The average Bonchev–Trinajstić information content (AvgIpc) is 2.28. The van der Waals surface area contributed by atoms with Crippen LogP contribution in [0, 0.1) is 5.82 Å². The van der Waals surface area contributed by atoms with Crippen molar-refractivity contribution in [1.29, 1.82) is 0 Å². The molecule has 0 aromatic heterocycles. The average molecular weight is 257 g/mol. The minimum absolute atomic E-state index is 0.100. The number of carbonyl (C=O) groups is 2. The molecule has 0 heterocycles. The molecule has 1 amide bonds. The van der Waals surface area contributed by atoms with Crippen LogP contribution in [-0.4, -0.2) is 28.8 Å². The van der Waals surface area contributed by atoms with Gasteiger partial charge in [-0.1, -0.05) is 0 Å². The van der Waals surface area contributed by atoms with E-state index in [0.717, 1.165) is 4.90 Å². The van der Waals surface area contributed by atoms with Crippen molar-refractivity contribution >= 4 is 23.6 Å². The van der Waals surface area contributed by atoms with Gasteiger partial charge in [0.25, 0.3) is 0 Å². The summed E-state index contributed by atoms with van der Waals surface area (Å²) in [4.78, 5) is 22.6. The van der Waals surface area contributed by atoms with Gasteiger partial charge in [0, 0.05) is 4.90 Å². The number of hydrogen-bond donors (Lipinski definition) is 2. The third kappa shape index (κ3) is 4.86. The Balaban J connectivity index is 2.38. The smallest absolute Gasteiger partial charge is 0.325 e. The number of amides is 1. The van der Waals surface area contributed by atoms with Gasteiger partial charge in [-0.05, 0) is 31.2 Å². The van der Waals surface area contributed by atoms with E-state index in [2.05, 4.69) is 5.32 Å². The van der Waals surface area contributed by atoms with E-state index >= 15 is 0 Å². The van der Waals surface area contributed by atoms with Gasteiger partial charge in [0.15, 0.2) is 0 Å². The van der Waals surface area contributed by atoms with E-state index in [4.69, 9.17) is 5.11 Å². The first-order chi connectivity index (χ1) is 7.99. The summed E-state index contributed by atoms with van der Waals surface area (Å²) in [6.45, 7) is 1.39. The lowest BCUT2D eigenvalue weighted by Crippen LogP contribution is -2.39. The number of benzene rings is 1. The molecule has 1 unspecified atom stereocenters. The number of carbonyl (C=O) groups excluding carboxylic acids is 1. The van der Waals surface area contributed by atoms with Crippen LogP contribution in [0.15, 0.2) is 29.2 Å². The second-order valence-electron chi connectivity index (χ2n) is 3.37. The Morgan fingerprint density at radius 2 is 2.00 bits per heavy atom. The molecular formula is C11H12FNO3S. The van der Waals surface area contributed by atoms with Crippen LogP contribution in [0.1, 0.15) is 6.92 Å². The van der Waals surface area contributed by atoms with Crippen molar-refractivity contribution in [2.45, 2.75) is 17.9 Å². The molecule has 1 aromatic carbocycles. The maximum absolute atomic E-state index is 12.6. The molecule has 6 heteroatoms. The van der Waals surface area contributed by atoms with Crippen LogP contribution in [-0.2, 0) is 9.59 Å². The molecule has 0 bridgehead atoms. The predicted octanol–water partition coefficient (Wildman–Crippen LogP) is 1.51. The Kier molecular flexibility index (Phi) is 4.96. The molecule has 92 valence electrons. The molecule has 2 N–H and O–H groups in total. The van der Waals surface area contributed by atoms with Crippen molar-refractivity contribution in [3.8, 4) is 0 Å². The summed E-state index contributed by atoms with van der Waals surface area (Å²) in [5.74, 6) is -1.68. The summed E-state index contributed by atoms with van der Waals surface area (Å²) in [6.07, 6.45) is 0. The number of carboxylic acid groups (broad SMARTS) is 1. The minimum Gasteiger partial charge on any atom is -0.480 e. The van der Waals surface area contributed by atoms with Crippen LogP contribution in [0.5, 0.6) is 0 Å². The lowest BCUT2D eigenvalue weighted by atomic mass is 10.3. The standard InChI is InChI=1S/C11H12FNO3S/c1-7(11(15)16)13-10(14)6-17-9-4-2-8(12)3-5-9/h2-5,7H,6H2,1H3,(H,13,14)(H,15,16). The van der Waals surface area contributed by atoms with Crippen LogP contribution >= 0.6 is 11.8 Å². The van der Waals surface area contributed by atoms with E-state index in [1.165, 1.54) is 30.8 Å². The zero-order valence-corrected chi connectivity index (χ0v) is 9.96. The molecule has 1 rings (SSSR count). The van der Waals surface area contributed by atoms with E-state index in [1.807, 2.05) is 0 Å². The maximum atomic E-state index is 12.6. The Labute approximate surface area is 102 Å². The maximum Gasteiger partial charge on any atom is 0.325 e. The fourth-order valence-electron chi connectivity index (χ4n) is 1.02. The predicted molar refractivity (Wildman–Crippen MR) is 62.4 cm³/mol. The molecular weight excluding hydrogens is 245 g/mol. The van der Waals surface area contributed by atoms with Crippen molar-refractivity contribution in [3.05, 3.63) is 30.1 Å². The number of thioether (sulfide) groups is 1. The molecule has 17 heavy (non-hydrogen) atoms. The van der Waals surface area contributed by atoms with Gasteiger partial charge >= 0.3 is 5.97 Å². The Hall–Kier alpha value is -1.56. The molecule has 0 radical (unpaired) electrons. The number of halogens is 1. The van der Waals surface area contributed by atoms with Crippen LogP contribution in [0.4, 0.5) is 4.39 Å². The first kappa shape index (κ1) is 13.5. The van der Waals surface area contributed by atoms with Crippen molar-refractivity contribution in [3.63, 3.8) is 0 Å². The van der Waals surface area contributed by atoms with Gasteiger partial charge in [-0.2, -0.15) is 0 Å². The van der Waals surface area contributed by atoms with Gasteiger partial charge < -0.3 is 10.4 Å². The van der Waals surface area contributed by atoms with E-state index in [1.54, 1.807) is 12.1 Å². The fraction of sp³-hybridized carbons (Fsp3) is 0.273. The molecule has 0 fully saturated rings. The molecule has 0 aliphatic rings. The topological polar surface area (TPSA) is 66.4 Å². The Bertz CT molecular complexity index is 408. The van der Waals surface area contributed by atoms with E-state index < -0.39 is 12.0 Å². The monoisotopic (exact) mass is 257 g/mol. The summed E-state index contributed by atoms with van der Waals surface area (Å²) in [5, 5.41) is 10.9. The molecule has 4 nitrogen and oxygen atoms in total. The molecule has 0 saturated heterocycles. The third-order valence-corrected chi connectivity index (χ3v) is 2.94. The second-order valence-corrected chi connectivity index (χ2v) is 4.42. The van der Waals surface area contributed by atoms with Crippen LogP contribution in [0.3, 0.4) is 0 Å². The van der Waals surface area contributed by atoms with Gasteiger partial charge in [-0.25, -0.2) is 4.39 Å². The highest BCUT2D eigenvalue weighted by Gasteiger charge is 2.13. The highest BCUT2D eigenvalue weighted by atomic mass is 32.2. The summed E-state index contributed by atoms with van der Waals surface area (Å²) in [7, 11) is 0. The normalized spacial score (nSPS) is 11.9. The van der Waals surface area contributed by atoms with Gasteiger partial charge in [0.05, 0.1) is 5.75 Å². The second kappa shape index (κ2) is 6.24. The molecule has 1 aromatic rings. The first-order valence-corrected chi connectivity index (χ1v) is 5.88. The van der Waals surface area contributed by atoms with Crippen molar-refractivity contribution in [2.75, 3.05) is 5.75 Å². The zero-order chi connectivity index (χ0) is 12.8. The van der Waals surface area contributed by atoms with Gasteiger partial charge in [0.2, 0.25) is 5.91 Å². The lowest BCUT2D eigenvalue weighted by molar-refractivity contribution is -0.140. The minimum atomic E-state index is -1.08. The van der Waals surface area contributed by atoms with Gasteiger partial charge in [0.1, 0.15) is 11.9 Å². The SMILES string of the molecule is CC(NC(=O)CSc1ccc(F)cc1)C(=O)O. The quantitative estimate of drug-likeness (QED) is 0.785. The Morgan fingerprint density at radius 3 is 2.53 bits per heavy atom. The number of nitrogens with one attached hydrogen (secondary N) is 1. The van der Waals surface area contributed by atoms with E-state index in [-0.39, 0.29) is 17.5 Å². The van der Waals surface area contributed by atoms with E-state index in [9.17, 15) is 14.0 Å². The summed E-state index contributed by atoms with van der Waals surface area (Å²) in [6, 6.07) is 4.83. The molecule has 0 spiro atoms. The van der Waals surface area contributed by atoms with Crippen LogP contribution < -0.4 is 5.32 Å². The molecule has 0 aliphatic carbocycles. The van der Waals surface area contributed by atoms with Crippen LogP contribution in [0.2, 0.25) is 0 Å². The number of hydrogen-bond acceptors (Lipinski definition) is 3. The van der Waals surface area contributed by atoms with Crippen LogP contribution in [0.25, 0.3) is 0 Å². The van der Waals surface area contributed by atoms with Gasteiger partial charge in [-0.15, -0.1) is 11.8 Å². The Morgan fingerprint density at radius 1 is 1.41 bits per heavy atom. The third-order valence-electron chi connectivity index (χ3n) is 1.93. The molecule has 1 atom stereocenters. The molecule has 0 aliphatic heterocycles. The van der Waals surface area contributed by atoms with Crippen molar-refractivity contribution in [2.24, 2.45) is 0 Å². The summed E-state index contributed by atoms with van der Waals surface area (Å²) < 4.78 is 12.6. The van der Waals surface area contributed by atoms with E-state index in [0.29, 0.717) is 0 Å². The van der Waals surface area contributed by atoms with Crippen molar-refractivity contribution < 1.29 is 19.1 Å². The fourth-order valence-corrected chi connectivity index (χ4v) is 1.73. The highest BCUT2D eigenvalue weighted by molar-refractivity contribution is 8.00. The molecule has 0 saturated carbocycles. The van der Waals surface area contributed by atoms with Gasteiger partial charge in [-0.3, -0.25) is 9.59 Å². The number of carboxylic acids is 1. The highest BCUT2D eigenvalue weighted by Crippen LogP contribution is 2.17. The largest absolute Gasteiger partial charge is 0.480 e. The zero-order valence-electron chi connectivity index (χ0n) is 9.14. The summed E-state index contributed by atoms with van der Waals surface area (Å²) in [5.41, 5.74) is 0. The first-order valence-electron chi connectivity index (χ1n) is 4.89. The van der Waals surface area contributed by atoms with Crippen molar-refractivity contribution in [1.82, 2.24) is 5.32 Å².